The number of aromatic nitrogens is 2. The maximum atomic E-state index is 4.12. The van der Waals surface area contributed by atoms with Crippen LogP contribution in [0.5, 0.6) is 0 Å². The summed E-state index contributed by atoms with van der Waals surface area (Å²) in [4.78, 5) is 4.12. The Balaban J connectivity index is 2.95. The Hall–Kier alpha value is -1.31. The first-order valence-corrected chi connectivity index (χ1v) is 4.10. The molecule has 1 aromatic rings. The maximum absolute atomic E-state index is 4.12. The molecule has 0 spiro atoms. The standard InChI is InChI=1S/C10H14N2/c1-4-9(3)8-12-7-6-11-10(12)5-2/h5-8H,2,4H2,1,3H3/b9-8-. The van der Waals surface area contributed by atoms with Crippen molar-refractivity contribution in [3.05, 3.63) is 30.4 Å². The molecule has 1 heterocycles. The SMILES string of the molecule is C=Cc1nccn1/C=C(/C)CC. The number of allylic oxidation sites excluding steroid dienone is 1. The van der Waals surface area contributed by atoms with Gasteiger partial charge in [0.1, 0.15) is 5.82 Å². The summed E-state index contributed by atoms with van der Waals surface area (Å²) < 4.78 is 1.98. The number of nitrogens with zero attached hydrogens (tertiary/aromatic N) is 2. The van der Waals surface area contributed by atoms with E-state index in [-0.39, 0.29) is 0 Å². The first-order chi connectivity index (χ1) is 5.77. The van der Waals surface area contributed by atoms with Gasteiger partial charge < -0.3 is 4.57 Å². The van der Waals surface area contributed by atoms with Gasteiger partial charge in [-0.2, -0.15) is 0 Å². The molecule has 0 amide bonds. The molecule has 0 radical (unpaired) electrons. The van der Waals surface area contributed by atoms with Crippen LogP contribution in [0.2, 0.25) is 0 Å². The molecule has 0 unspecified atom stereocenters. The maximum Gasteiger partial charge on any atom is 0.136 e. The minimum atomic E-state index is 0.891. The van der Waals surface area contributed by atoms with Crippen molar-refractivity contribution in [1.29, 1.82) is 0 Å². The van der Waals surface area contributed by atoms with E-state index >= 15 is 0 Å². The molecule has 0 aromatic carbocycles. The van der Waals surface area contributed by atoms with Crippen LogP contribution in [0.1, 0.15) is 26.1 Å². The Morgan fingerprint density at radius 2 is 2.50 bits per heavy atom. The zero-order valence-electron chi connectivity index (χ0n) is 7.62. The van der Waals surface area contributed by atoms with Crippen molar-refractivity contribution in [1.82, 2.24) is 9.55 Å². The lowest BCUT2D eigenvalue weighted by Gasteiger charge is -1.99. The van der Waals surface area contributed by atoms with Crippen LogP contribution in [-0.2, 0) is 0 Å². The van der Waals surface area contributed by atoms with Crippen LogP contribution in [0.25, 0.3) is 12.3 Å². The Kier molecular flexibility index (Phi) is 2.86. The van der Waals surface area contributed by atoms with Gasteiger partial charge in [-0.1, -0.05) is 19.1 Å². The van der Waals surface area contributed by atoms with Gasteiger partial charge in [0.25, 0.3) is 0 Å². The summed E-state index contributed by atoms with van der Waals surface area (Å²) in [5.74, 6) is 0.891. The Labute approximate surface area is 73.2 Å². The summed E-state index contributed by atoms with van der Waals surface area (Å²) in [5.41, 5.74) is 1.33. The molecule has 0 aliphatic heterocycles. The highest BCUT2D eigenvalue weighted by molar-refractivity contribution is 5.43. The van der Waals surface area contributed by atoms with Crippen LogP contribution in [0.15, 0.2) is 24.5 Å². The van der Waals surface area contributed by atoms with Crippen LogP contribution < -0.4 is 0 Å². The summed E-state index contributed by atoms with van der Waals surface area (Å²) in [6.45, 7) is 7.92. The third-order valence-corrected chi connectivity index (χ3v) is 1.80. The highest BCUT2D eigenvalue weighted by Gasteiger charge is 1.93. The average molecular weight is 162 g/mol. The van der Waals surface area contributed by atoms with E-state index in [0.717, 1.165) is 12.2 Å². The first-order valence-electron chi connectivity index (χ1n) is 4.10. The summed E-state index contributed by atoms with van der Waals surface area (Å²) >= 11 is 0. The second-order valence-corrected chi connectivity index (χ2v) is 2.73. The first kappa shape index (κ1) is 8.78. The fourth-order valence-electron chi connectivity index (χ4n) is 0.921. The van der Waals surface area contributed by atoms with Gasteiger partial charge in [0.2, 0.25) is 0 Å². The van der Waals surface area contributed by atoms with Crippen LogP contribution in [-0.4, -0.2) is 9.55 Å². The van der Waals surface area contributed by atoms with Crippen molar-refractivity contribution in [2.45, 2.75) is 20.3 Å². The van der Waals surface area contributed by atoms with Crippen molar-refractivity contribution in [3.63, 3.8) is 0 Å². The predicted octanol–water partition coefficient (Wildman–Crippen LogP) is 2.80. The van der Waals surface area contributed by atoms with Crippen molar-refractivity contribution >= 4 is 12.3 Å². The van der Waals surface area contributed by atoms with E-state index in [0.29, 0.717) is 0 Å². The van der Waals surface area contributed by atoms with Crippen molar-refractivity contribution in [2.24, 2.45) is 0 Å². The molecule has 2 nitrogen and oxygen atoms in total. The van der Waals surface area contributed by atoms with E-state index in [4.69, 9.17) is 0 Å². The number of imidazole rings is 1. The van der Waals surface area contributed by atoms with E-state index in [1.807, 2.05) is 10.8 Å². The van der Waals surface area contributed by atoms with Gasteiger partial charge in [-0.15, -0.1) is 0 Å². The molecule has 2 heteroatoms. The molecule has 0 N–H and O–H groups in total. The fraction of sp³-hybridized carbons (Fsp3) is 0.300. The van der Waals surface area contributed by atoms with Crippen molar-refractivity contribution in [3.8, 4) is 0 Å². The monoisotopic (exact) mass is 162 g/mol. The van der Waals surface area contributed by atoms with Gasteiger partial charge in [0, 0.05) is 18.6 Å². The number of hydrogen-bond acceptors (Lipinski definition) is 1. The number of hydrogen-bond donors (Lipinski definition) is 0. The highest BCUT2D eigenvalue weighted by Crippen LogP contribution is 2.05. The lowest BCUT2D eigenvalue weighted by molar-refractivity contribution is 1.04. The molecular weight excluding hydrogens is 148 g/mol. The number of rotatable bonds is 3. The molecule has 0 bridgehead atoms. The largest absolute Gasteiger partial charge is 0.307 e. The minimum absolute atomic E-state index is 0.891. The van der Waals surface area contributed by atoms with Gasteiger partial charge >= 0.3 is 0 Å². The second-order valence-electron chi connectivity index (χ2n) is 2.73. The zero-order chi connectivity index (χ0) is 8.97. The summed E-state index contributed by atoms with van der Waals surface area (Å²) in [7, 11) is 0. The summed E-state index contributed by atoms with van der Waals surface area (Å²) in [5, 5.41) is 0. The molecule has 0 fully saturated rings. The molecule has 0 aliphatic rings. The lowest BCUT2D eigenvalue weighted by Crippen LogP contribution is -1.89. The Morgan fingerprint density at radius 3 is 3.08 bits per heavy atom. The average Bonchev–Trinajstić information content (AvgIpc) is 2.51. The predicted molar refractivity (Wildman–Crippen MR) is 52.6 cm³/mol. The second kappa shape index (κ2) is 3.90. The fourth-order valence-corrected chi connectivity index (χ4v) is 0.921. The molecule has 64 valence electrons. The van der Waals surface area contributed by atoms with Gasteiger partial charge in [0.05, 0.1) is 0 Å². The van der Waals surface area contributed by atoms with Crippen LogP contribution in [0.4, 0.5) is 0 Å². The van der Waals surface area contributed by atoms with Gasteiger partial charge in [-0.05, 0) is 19.4 Å². The Morgan fingerprint density at radius 1 is 1.75 bits per heavy atom. The minimum Gasteiger partial charge on any atom is -0.307 e. The van der Waals surface area contributed by atoms with E-state index in [1.54, 1.807) is 12.3 Å². The highest BCUT2D eigenvalue weighted by atomic mass is 15.0. The van der Waals surface area contributed by atoms with Gasteiger partial charge in [-0.25, -0.2) is 4.98 Å². The van der Waals surface area contributed by atoms with Crippen LogP contribution >= 0.6 is 0 Å². The van der Waals surface area contributed by atoms with Crippen molar-refractivity contribution < 1.29 is 0 Å². The smallest absolute Gasteiger partial charge is 0.136 e. The van der Waals surface area contributed by atoms with Crippen LogP contribution in [0.3, 0.4) is 0 Å². The van der Waals surface area contributed by atoms with Crippen molar-refractivity contribution in [2.75, 3.05) is 0 Å². The van der Waals surface area contributed by atoms with E-state index in [1.165, 1.54) is 5.57 Å². The molecule has 0 atom stereocenters. The van der Waals surface area contributed by atoms with Crippen LogP contribution in [0, 0.1) is 0 Å². The molecule has 1 rings (SSSR count). The molecule has 12 heavy (non-hydrogen) atoms. The normalized spacial score (nSPS) is 11.7. The molecule has 0 saturated heterocycles. The van der Waals surface area contributed by atoms with Gasteiger partial charge in [-0.3, -0.25) is 0 Å². The molecular formula is C10H14N2. The molecule has 0 aliphatic carbocycles. The summed E-state index contributed by atoms with van der Waals surface area (Å²) in [6.07, 6.45) is 8.59. The van der Waals surface area contributed by atoms with E-state index < -0.39 is 0 Å². The third-order valence-electron chi connectivity index (χ3n) is 1.80. The molecule has 1 aromatic heterocycles. The quantitative estimate of drug-likeness (QED) is 0.668. The Bertz CT molecular complexity index is 295. The lowest BCUT2D eigenvalue weighted by atomic mass is 10.2. The van der Waals surface area contributed by atoms with E-state index in [9.17, 15) is 0 Å². The third kappa shape index (κ3) is 1.84. The molecule has 0 saturated carbocycles. The summed E-state index contributed by atoms with van der Waals surface area (Å²) in [6, 6.07) is 0. The topological polar surface area (TPSA) is 17.8 Å². The van der Waals surface area contributed by atoms with Gasteiger partial charge in [0.15, 0.2) is 0 Å². The van der Waals surface area contributed by atoms with E-state index in [2.05, 4.69) is 31.6 Å². The zero-order valence-corrected chi connectivity index (χ0v) is 7.62.